The Morgan fingerprint density at radius 3 is 2.26 bits per heavy atom. The summed E-state index contributed by atoms with van der Waals surface area (Å²) in [5.41, 5.74) is 5.73. The van der Waals surface area contributed by atoms with Crippen LogP contribution in [-0.2, 0) is 0 Å². The van der Waals surface area contributed by atoms with Gasteiger partial charge in [0.25, 0.3) is 0 Å². The summed E-state index contributed by atoms with van der Waals surface area (Å²) in [6.45, 7) is 0. The van der Waals surface area contributed by atoms with Crippen molar-refractivity contribution in [3.8, 4) is 5.75 Å². The number of rotatable bonds is 3. The first-order valence-electron chi connectivity index (χ1n) is 5.46. The van der Waals surface area contributed by atoms with Crippen LogP contribution in [0.5, 0.6) is 5.75 Å². The Bertz CT molecular complexity index is 641. The Morgan fingerprint density at radius 2 is 1.63 bits per heavy atom. The number of carbonyl (C=O) groups excluding carboxylic acids is 1. The van der Waals surface area contributed by atoms with Crippen molar-refractivity contribution in [3.63, 3.8) is 0 Å². The number of anilines is 1. The van der Waals surface area contributed by atoms with Gasteiger partial charge in [0, 0.05) is 11.3 Å². The topological polar surface area (TPSA) is 52.3 Å². The summed E-state index contributed by atoms with van der Waals surface area (Å²) in [7, 11) is 1.36. The van der Waals surface area contributed by atoms with Crippen LogP contribution in [0.4, 0.5) is 14.5 Å². The van der Waals surface area contributed by atoms with Gasteiger partial charge in [-0.15, -0.1) is 0 Å². The van der Waals surface area contributed by atoms with Crippen LogP contribution in [0.2, 0.25) is 0 Å². The van der Waals surface area contributed by atoms with E-state index in [2.05, 4.69) is 0 Å². The summed E-state index contributed by atoms with van der Waals surface area (Å²) in [6, 6.07) is 6.99. The van der Waals surface area contributed by atoms with Gasteiger partial charge >= 0.3 is 0 Å². The highest BCUT2D eigenvalue weighted by molar-refractivity contribution is 6.13. The standard InChI is InChI=1S/C14H11F2NO2/c1-19-13-5-3-9(16)7-11(13)14(18)10-6-8(15)2-4-12(10)17/h2-7H,17H2,1H3. The van der Waals surface area contributed by atoms with Gasteiger partial charge in [0.1, 0.15) is 17.4 Å². The van der Waals surface area contributed by atoms with Crippen LogP contribution in [0.1, 0.15) is 15.9 Å². The lowest BCUT2D eigenvalue weighted by atomic mass is 10.0. The summed E-state index contributed by atoms with van der Waals surface area (Å²) < 4.78 is 31.4. The Labute approximate surface area is 108 Å². The molecule has 2 aromatic rings. The molecule has 5 heteroatoms. The van der Waals surface area contributed by atoms with Gasteiger partial charge in [-0.2, -0.15) is 0 Å². The predicted molar refractivity (Wildman–Crippen MR) is 67.2 cm³/mol. The first kappa shape index (κ1) is 13.0. The van der Waals surface area contributed by atoms with Crippen LogP contribution in [0.25, 0.3) is 0 Å². The van der Waals surface area contributed by atoms with Gasteiger partial charge in [-0.25, -0.2) is 8.78 Å². The number of ketones is 1. The molecule has 0 atom stereocenters. The van der Waals surface area contributed by atoms with E-state index < -0.39 is 17.4 Å². The molecule has 0 amide bonds. The maximum atomic E-state index is 13.2. The van der Waals surface area contributed by atoms with Gasteiger partial charge in [0.2, 0.25) is 0 Å². The number of nitrogen functional groups attached to an aromatic ring is 1. The molecule has 0 aliphatic carbocycles. The van der Waals surface area contributed by atoms with Gasteiger partial charge in [0.05, 0.1) is 12.7 Å². The fourth-order valence-electron chi connectivity index (χ4n) is 1.73. The molecule has 0 radical (unpaired) electrons. The largest absolute Gasteiger partial charge is 0.496 e. The van der Waals surface area contributed by atoms with Crippen molar-refractivity contribution in [2.75, 3.05) is 12.8 Å². The normalized spacial score (nSPS) is 10.3. The molecule has 0 heterocycles. The lowest BCUT2D eigenvalue weighted by Crippen LogP contribution is -2.08. The number of methoxy groups -OCH3 is 1. The van der Waals surface area contributed by atoms with Crippen molar-refractivity contribution in [2.45, 2.75) is 0 Å². The number of nitrogens with two attached hydrogens (primary N) is 1. The number of benzene rings is 2. The molecule has 2 rings (SSSR count). The SMILES string of the molecule is COc1ccc(F)cc1C(=O)c1cc(F)ccc1N. The second-order valence-electron chi connectivity index (χ2n) is 3.91. The highest BCUT2D eigenvalue weighted by Crippen LogP contribution is 2.25. The van der Waals surface area contributed by atoms with E-state index in [-0.39, 0.29) is 22.6 Å². The first-order chi connectivity index (χ1) is 9.02. The van der Waals surface area contributed by atoms with E-state index in [1.54, 1.807) is 0 Å². The zero-order valence-electron chi connectivity index (χ0n) is 10.1. The zero-order chi connectivity index (χ0) is 14.0. The molecule has 19 heavy (non-hydrogen) atoms. The Kier molecular flexibility index (Phi) is 3.46. The molecule has 2 aromatic carbocycles. The van der Waals surface area contributed by atoms with Crippen LogP contribution in [0, 0.1) is 11.6 Å². The molecule has 98 valence electrons. The molecule has 0 unspecified atom stereocenters. The fourth-order valence-corrected chi connectivity index (χ4v) is 1.73. The van der Waals surface area contributed by atoms with Crippen molar-refractivity contribution >= 4 is 11.5 Å². The van der Waals surface area contributed by atoms with E-state index in [9.17, 15) is 13.6 Å². The molecular formula is C14H11F2NO2. The highest BCUT2D eigenvalue weighted by atomic mass is 19.1. The van der Waals surface area contributed by atoms with Crippen LogP contribution < -0.4 is 10.5 Å². The van der Waals surface area contributed by atoms with E-state index in [4.69, 9.17) is 10.5 Å². The van der Waals surface area contributed by atoms with E-state index >= 15 is 0 Å². The molecule has 0 bridgehead atoms. The van der Waals surface area contributed by atoms with E-state index in [0.717, 1.165) is 18.2 Å². The Hall–Kier alpha value is -2.43. The monoisotopic (exact) mass is 263 g/mol. The summed E-state index contributed by atoms with van der Waals surface area (Å²) in [5.74, 6) is -1.56. The molecule has 2 N–H and O–H groups in total. The minimum Gasteiger partial charge on any atom is -0.496 e. The van der Waals surface area contributed by atoms with Gasteiger partial charge < -0.3 is 10.5 Å². The van der Waals surface area contributed by atoms with E-state index in [1.807, 2.05) is 0 Å². The summed E-state index contributed by atoms with van der Waals surface area (Å²) >= 11 is 0. The Morgan fingerprint density at radius 1 is 1.05 bits per heavy atom. The molecule has 0 aromatic heterocycles. The van der Waals surface area contributed by atoms with Crippen LogP contribution in [-0.4, -0.2) is 12.9 Å². The van der Waals surface area contributed by atoms with E-state index in [1.165, 1.54) is 25.3 Å². The summed E-state index contributed by atoms with van der Waals surface area (Å²) in [6.07, 6.45) is 0. The van der Waals surface area contributed by atoms with Gasteiger partial charge in [0.15, 0.2) is 5.78 Å². The second kappa shape index (κ2) is 5.06. The third-order valence-electron chi connectivity index (χ3n) is 2.67. The third kappa shape index (κ3) is 2.54. The average molecular weight is 263 g/mol. The molecule has 0 spiro atoms. The lowest BCUT2D eigenvalue weighted by Gasteiger charge is -2.09. The van der Waals surface area contributed by atoms with Gasteiger partial charge in [-0.3, -0.25) is 4.79 Å². The van der Waals surface area contributed by atoms with Crippen molar-refractivity contribution in [3.05, 3.63) is 59.2 Å². The Balaban J connectivity index is 2.55. The number of ether oxygens (including phenoxy) is 1. The molecular weight excluding hydrogens is 252 g/mol. The highest BCUT2D eigenvalue weighted by Gasteiger charge is 2.18. The van der Waals surface area contributed by atoms with Crippen LogP contribution in [0.15, 0.2) is 36.4 Å². The summed E-state index contributed by atoms with van der Waals surface area (Å²) in [5, 5.41) is 0. The number of hydrogen-bond donors (Lipinski definition) is 1. The van der Waals surface area contributed by atoms with Crippen molar-refractivity contribution in [1.29, 1.82) is 0 Å². The minimum absolute atomic E-state index is 0.000185. The molecule has 0 aliphatic rings. The first-order valence-corrected chi connectivity index (χ1v) is 5.46. The lowest BCUT2D eigenvalue weighted by molar-refractivity contribution is 0.103. The summed E-state index contributed by atoms with van der Waals surface area (Å²) in [4.78, 5) is 12.3. The maximum Gasteiger partial charge on any atom is 0.199 e. The zero-order valence-corrected chi connectivity index (χ0v) is 10.1. The molecule has 0 fully saturated rings. The quantitative estimate of drug-likeness (QED) is 0.684. The van der Waals surface area contributed by atoms with Crippen LogP contribution >= 0.6 is 0 Å². The fraction of sp³-hybridized carbons (Fsp3) is 0.0714. The average Bonchev–Trinajstić information content (AvgIpc) is 2.40. The van der Waals surface area contributed by atoms with Crippen molar-refractivity contribution in [1.82, 2.24) is 0 Å². The molecule has 0 saturated heterocycles. The molecule has 0 aliphatic heterocycles. The number of hydrogen-bond acceptors (Lipinski definition) is 3. The predicted octanol–water partition coefficient (Wildman–Crippen LogP) is 2.79. The minimum atomic E-state index is -0.590. The molecule has 3 nitrogen and oxygen atoms in total. The van der Waals surface area contributed by atoms with Gasteiger partial charge in [-0.1, -0.05) is 0 Å². The second-order valence-corrected chi connectivity index (χ2v) is 3.91. The van der Waals surface area contributed by atoms with E-state index in [0.29, 0.717) is 0 Å². The number of halogens is 2. The van der Waals surface area contributed by atoms with Crippen LogP contribution in [0.3, 0.4) is 0 Å². The van der Waals surface area contributed by atoms with Crippen molar-refractivity contribution in [2.24, 2.45) is 0 Å². The molecule has 0 saturated carbocycles. The van der Waals surface area contributed by atoms with Gasteiger partial charge in [-0.05, 0) is 36.4 Å². The maximum absolute atomic E-state index is 13.2. The smallest absolute Gasteiger partial charge is 0.199 e. The number of carbonyl (C=O) groups is 1. The third-order valence-corrected chi connectivity index (χ3v) is 2.67. The van der Waals surface area contributed by atoms with Crippen molar-refractivity contribution < 1.29 is 18.3 Å².